The molecule has 4 nitrogen and oxygen atoms in total. The molecule has 1 aliphatic rings. The SMILES string of the molecule is C=CCN(CC=C)[C@@H]1[C@@H](OC)OCC[C@H]1O. The minimum Gasteiger partial charge on any atom is -0.391 e. The summed E-state index contributed by atoms with van der Waals surface area (Å²) in [5.74, 6) is 0. The Labute approximate surface area is 97.1 Å². The van der Waals surface area contributed by atoms with Gasteiger partial charge < -0.3 is 14.6 Å². The molecular weight excluding hydrogens is 206 g/mol. The Bertz CT molecular complexity index is 222. The zero-order valence-electron chi connectivity index (χ0n) is 9.84. The molecule has 0 aromatic carbocycles. The maximum atomic E-state index is 10.0. The van der Waals surface area contributed by atoms with Crippen molar-refractivity contribution in [2.24, 2.45) is 0 Å². The van der Waals surface area contributed by atoms with E-state index >= 15 is 0 Å². The third-order valence-electron chi connectivity index (χ3n) is 2.75. The highest BCUT2D eigenvalue weighted by molar-refractivity contribution is 4.91. The summed E-state index contributed by atoms with van der Waals surface area (Å²) in [6.45, 7) is 9.32. The van der Waals surface area contributed by atoms with E-state index in [9.17, 15) is 5.11 Å². The standard InChI is InChI=1S/C12H21NO3/c1-4-7-13(8-5-2)11-10(14)6-9-16-12(11)15-3/h4-5,10-12,14H,1-2,6-9H2,3H3/t10-,11+,12+/m1/s1. The lowest BCUT2D eigenvalue weighted by Crippen LogP contribution is -2.55. The summed E-state index contributed by atoms with van der Waals surface area (Å²) in [5, 5.41) is 10.0. The van der Waals surface area contributed by atoms with Crippen molar-refractivity contribution in [3.05, 3.63) is 25.3 Å². The maximum absolute atomic E-state index is 10.0. The first-order valence-electron chi connectivity index (χ1n) is 5.53. The second kappa shape index (κ2) is 6.81. The molecule has 0 aromatic heterocycles. The maximum Gasteiger partial charge on any atom is 0.175 e. The third kappa shape index (κ3) is 3.15. The lowest BCUT2D eigenvalue weighted by molar-refractivity contribution is -0.212. The van der Waals surface area contributed by atoms with Crippen LogP contribution in [0, 0.1) is 0 Å². The van der Waals surface area contributed by atoms with Crippen molar-refractivity contribution in [3.8, 4) is 0 Å². The van der Waals surface area contributed by atoms with E-state index in [1.165, 1.54) is 0 Å². The van der Waals surface area contributed by atoms with Gasteiger partial charge in [-0.15, -0.1) is 13.2 Å². The summed E-state index contributed by atoms with van der Waals surface area (Å²) in [7, 11) is 1.59. The van der Waals surface area contributed by atoms with Gasteiger partial charge in [-0.25, -0.2) is 0 Å². The summed E-state index contributed by atoms with van der Waals surface area (Å²) in [5.41, 5.74) is 0. The molecule has 0 radical (unpaired) electrons. The zero-order chi connectivity index (χ0) is 12.0. The van der Waals surface area contributed by atoms with Crippen molar-refractivity contribution in [1.82, 2.24) is 4.90 Å². The van der Waals surface area contributed by atoms with Crippen LogP contribution >= 0.6 is 0 Å². The van der Waals surface area contributed by atoms with Crippen molar-refractivity contribution >= 4 is 0 Å². The smallest absolute Gasteiger partial charge is 0.175 e. The van der Waals surface area contributed by atoms with Crippen LogP contribution in [0.3, 0.4) is 0 Å². The second-order valence-electron chi connectivity index (χ2n) is 3.85. The van der Waals surface area contributed by atoms with E-state index < -0.39 is 6.10 Å². The van der Waals surface area contributed by atoms with Crippen molar-refractivity contribution in [1.29, 1.82) is 0 Å². The predicted molar refractivity (Wildman–Crippen MR) is 63.1 cm³/mol. The zero-order valence-corrected chi connectivity index (χ0v) is 9.84. The van der Waals surface area contributed by atoms with Gasteiger partial charge in [0.05, 0.1) is 18.8 Å². The van der Waals surface area contributed by atoms with Crippen LogP contribution in [0.4, 0.5) is 0 Å². The van der Waals surface area contributed by atoms with Crippen LogP contribution in [-0.2, 0) is 9.47 Å². The molecule has 1 aliphatic heterocycles. The summed E-state index contributed by atoms with van der Waals surface area (Å²) >= 11 is 0. The molecule has 3 atom stereocenters. The molecule has 0 unspecified atom stereocenters. The van der Waals surface area contributed by atoms with Crippen molar-refractivity contribution in [2.45, 2.75) is 24.9 Å². The van der Waals surface area contributed by atoms with E-state index in [4.69, 9.17) is 9.47 Å². The number of aliphatic hydroxyl groups is 1. The van der Waals surface area contributed by atoms with E-state index in [0.717, 1.165) is 0 Å². The fourth-order valence-electron chi connectivity index (χ4n) is 2.03. The second-order valence-corrected chi connectivity index (χ2v) is 3.85. The topological polar surface area (TPSA) is 41.9 Å². The molecule has 1 rings (SSSR count). The largest absolute Gasteiger partial charge is 0.391 e. The number of methoxy groups -OCH3 is 1. The molecule has 1 fully saturated rings. The van der Waals surface area contributed by atoms with Gasteiger partial charge in [0.2, 0.25) is 0 Å². The molecule has 0 aromatic rings. The number of hydrogen-bond donors (Lipinski definition) is 1. The van der Waals surface area contributed by atoms with E-state index in [-0.39, 0.29) is 12.3 Å². The van der Waals surface area contributed by atoms with Gasteiger partial charge >= 0.3 is 0 Å². The molecule has 1 N–H and O–H groups in total. The monoisotopic (exact) mass is 227 g/mol. The Kier molecular flexibility index (Phi) is 5.69. The van der Waals surface area contributed by atoms with E-state index in [2.05, 4.69) is 18.1 Å². The summed E-state index contributed by atoms with van der Waals surface area (Å²) in [4.78, 5) is 2.05. The highest BCUT2D eigenvalue weighted by Crippen LogP contribution is 2.21. The average Bonchev–Trinajstić information content (AvgIpc) is 2.28. The van der Waals surface area contributed by atoms with Crippen molar-refractivity contribution < 1.29 is 14.6 Å². The predicted octanol–water partition coefficient (Wildman–Crippen LogP) is 0.783. The first-order valence-corrected chi connectivity index (χ1v) is 5.53. The normalized spacial score (nSPS) is 30.3. The third-order valence-corrected chi connectivity index (χ3v) is 2.75. The molecule has 1 saturated heterocycles. The molecule has 1 heterocycles. The van der Waals surface area contributed by atoms with Crippen LogP contribution in [0.15, 0.2) is 25.3 Å². The number of nitrogens with zero attached hydrogens (tertiary/aromatic N) is 1. The lowest BCUT2D eigenvalue weighted by atomic mass is 10.0. The molecule has 0 saturated carbocycles. The fraction of sp³-hybridized carbons (Fsp3) is 0.667. The van der Waals surface area contributed by atoms with Crippen molar-refractivity contribution in [2.75, 3.05) is 26.8 Å². The first kappa shape index (κ1) is 13.4. The highest BCUT2D eigenvalue weighted by atomic mass is 16.7. The average molecular weight is 227 g/mol. The molecule has 16 heavy (non-hydrogen) atoms. The minimum atomic E-state index is -0.432. The number of hydrogen-bond acceptors (Lipinski definition) is 4. The first-order chi connectivity index (χ1) is 7.74. The van der Waals surface area contributed by atoms with Gasteiger partial charge in [-0.1, -0.05) is 12.2 Å². The molecule has 4 heteroatoms. The van der Waals surface area contributed by atoms with Crippen LogP contribution < -0.4 is 0 Å². The van der Waals surface area contributed by atoms with E-state index in [1.807, 2.05) is 0 Å². The highest BCUT2D eigenvalue weighted by Gasteiger charge is 2.36. The van der Waals surface area contributed by atoms with E-state index in [0.29, 0.717) is 26.1 Å². The van der Waals surface area contributed by atoms with Crippen LogP contribution in [0.1, 0.15) is 6.42 Å². The van der Waals surface area contributed by atoms with Crippen LogP contribution in [0.2, 0.25) is 0 Å². The van der Waals surface area contributed by atoms with Crippen LogP contribution in [0.25, 0.3) is 0 Å². The fourth-order valence-corrected chi connectivity index (χ4v) is 2.03. The summed E-state index contributed by atoms with van der Waals surface area (Å²) < 4.78 is 10.7. The van der Waals surface area contributed by atoms with Crippen molar-refractivity contribution in [3.63, 3.8) is 0 Å². The molecular formula is C12H21NO3. The minimum absolute atomic E-state index is 0.158. The Balaban J connectivity index is 2.74. The molecule has 92 valence electrons. The molecule has 0 spiro atoms. The van der Waals surface area contributed by atoms with Gasteiger partial charge in [-0.2, -0.15) is 0 Å². The van der Waals surface area contributed by atoms with Gasteiger partial charge in [-0.05, 0) is 6.42 Å². The quantitative estimate of drug-likeness (QED) is 0.681. The Hall–Kier alpha value is -0.680. The molecule has 0 bridgehead atoms. The number of ether oxygens (including phenoxy) is 2. The summed E-state index contributed by atoms with van der Waals surface area (Å²) in [6.07, 6.45) is 3.42. The van der Waals surface area contributed by atoms with E-state index in [1.54, 1.807) is 19.3 Å². The Morgan fingerprint density at radius 1 is 1.44 bits per heavy atom. The van der Waals surface area contributed by atoms with Gasteiger partial charge in [0, 0.05) is 20.2 Å². The van der Waals surface area contributed by atoms with Gasteiger partial charge in [0.1, 0.15) is 0 Å². The van der Waals surface area contributed by atoms with Gasteiger partial charge in [0.15, 0.2) is 6.29 Å². The number of rotatable bonds is 6. The summed E-state index contributed by atoms with van der Waals surface area (Å²) in [6, 6.07) is -0.158. The number of aliphatic hydroxyl groups excluding tert-OH is 1. The molecule has 0 aliphatic carbocycles. The van der Waals surface area contributed by atoms with Gasteiger partial charge in [0.25, 0.3) is 0 Å². The lowest BCUT2D eigenvalue weighted by Gasteiger charge is -2.41. The van der Waals surface area contributed by atoms with Crippen LogP contribution in [0.5, 0.6) is 0 Å². The van der Waals surface area contributed by atoms with Crippen LogP contribution in [-0.4, -0.2) is 55.2 Å². The Morgan fingerprint density at radius 3 is 2.56 bits per heavy atom. The molecule has 0 amide bonds. The van der Waals surface area contributed by atoms with Gasteiger partial charge in [-0.3, -0.25) is 4.90 Å². The Morgan fingerprint density at radius 2 is 2.06 bits per heavy atom.